The van der Waals surface area contributed by atoms with Gasteiger partial charge < -0.3 is 24.4 Å². The standard InChI is InChI=1S/C23H24F3N3O5/c1-14(21(30)28-11-15-2-4-18-19(10-15)33-13-32-18)34-22(31)16-6-8-29(9-7-16)20-5-3-17(12-27-20)23(24,25)26/h2-5,10,12,14,16H,6-9,11,13H2,1H3,(H,28,30). The molecule has 1 aromatic heterocycles. The van der Waals surface area contributed by atoms with Crippen LogP contribution < -0.4 is 19.7 Å². The number of hydrogen-bond donors (Lipinski definition) is 1. The summed E-state index contributed by atoms with van der Waals surface area (Å²) >= 11 is 0. The number of carbonyl (C=O) groups excluding carboxylic acids is 2. The zero-order valence-electron chi connectivity index (χ0n) is 18.4. The van der Waals surface area contributed by atoms with Crippen molar-refractivity contribution in [1.82, 2.24) is 10.3 Å². The molecule has 3 heterocycles. The fraction of sp³-hybridized carbons (Fsp3) is 0.435. The van der Waals surface area contributed by atoms with E-state index >= 15 is 0 Å². The Kier molecular flexibility index (Phi) is 6.80. The third kappa shape index (κ3) is 5.52. The van der Waals surface area contributed by atoms with Crippen LogP contribution in [0, 0.1) is 5.92 Å². The summed E-state index contributed by atoms with van der Waals surface area (Å²) in [6.45, 7) is 2.81. The Hall–Kier alpha value is -3.50. The van der Waals surface area contributed by atoms with E-state index in [0.29, 0.717) is 43.2 Å². The van der Waals surface area contributed by atoms with Gasteiger partial charge in [-0.2, -0.15) is 13.2 Å². The summed E-state index contributed by atoms with van der Waals surface area (Å²) in [6, 6.07) is 7.67. The van der Waals surface area contributed by atoms with Crippen molar-refractivity contribution in [1.29, 1.82) is 0 Å². The van der Waals surface area contributed by atoms with Gasteiger partial charge in [0.25, 0.3) is 5.91 Å². The van der Waals surface area contributed by atoms with Crippen LogP contribution in [0.1, 0.15) is 30.9 Å². The first-order valence-electron chi connectivity index (χ1n) is 10.9. The average Bonchev–Trinajstić information content (AvgIpc) is 3.30. The number of piperidine rings is 1. The number of esters is 1. The number of amides is 1. The third-order valence-electron chi connectivity index (χ3n) is 5.79. The van der Waals surface area contributed by atoms with E-state index in [0.717, 1.165) is 17.8 Å². The molecule has 1 aromatic carbocycles. The minimum atomic E-state index is -4.43. The molecule has 2 aliphatic heterocycles. The smallest absolute Gasteiger partial charge is 0.417 e. The third-order valence-corrected chi connectivity index (χ3v) is 5.79. The first-order valence-corrected chi connectivity index (χ1v) is 10.9. The fourth-order valence-corrected chi connectivity index (χ4v) is 3.79. The van der Waals surface area contributed by atoms with Gasteiger partial charge in [0.1, 0.15) is 5.82 Å². The van der Waals surface area contributed by atoms with Crippen molar-refractivity contribution >= 4 is 17.7 Å². The van der Waals surface area contributed by atoms with Gasteiger partial charge in [-0.25, -0.2) is 4.98 Å². The van der Waals surface area contributed by atoms with Crippen LogP contribution in [-0.2, 0) is 27.0 Å². The maximum Gasteiger partial charge on any atom is 0.417 e. The van der Waals surface area contributed by atoms with E-state index in [2.05, 4.69) is 10.3 Å². The number of nitrogens with zero attached hydrogens (tertiary/aromatic N) is 2. The van der Waals surface area contributed by atoms with E-state index in [1.165, 1.54) is 13.0 Å². The second-order valence-electron chi connectivity index (χ2n) is 8.15. The van der Waals surface area contributed by atoms with Gasteiger partial charge in [0.05, 0.1) is 11.5 Å². The molecule has 1 saturated heterocycles. The molecular formula is C23H24F3N3O5. The molecule has 1 amide bonds. The van der Waals surface area contributed by atoms with Crippen molar-refractivity contribution in [2.75, 3.05) is 24.8 Å². The molecule has 0 radical (unpaired) electrons. The van der Waals surface area contributed by atoms with E-state index in [9.17, 15) is 22.8 Å². The number of anilines is 1. The minimum Gasteiger partial charge on any atom is -0.454 e. The Balaban J connectivity index is 1.22. The molecular weight excluding hydrogens is 455 g/mol. The summed E-state index contributed by atoms with van der Waals surface area (Å²) in [4.78, 5) is 30.6. The number of rotatable bonds is 6. The Morgan fingerprint density at radius 1 is 1.18 bits per heavy atom. The normalized spacial score (nSPS) is 16.8. The number of alkyl halides is 3. The molecule has 0 bridgehead atoms. The number of halogens is 3. The molecule has 0 saturated carbocycles. The van der Waals surface area contributed by atoms with Crippen LogP contribution in [0.3, 0.4) is 0 Å². The highest BCUT2D eigenvalue weighted by atomic mass is 19.4. The van der Waals surface area contributed by atoms with Crippen LogP contribution >= 0.6 is 0 Å². The van der Waals surface area contributed by atoms with Crippen molar-refractivity contribution in [3.63, 3.8) is 0 Å². The fourth-order valence-electron chi connectivity index (χ4n) is 3.79. The number of benzene rings is 1. The molecule has 1 atom stereocenters. The molecule has 2 aliphatic rings. The molecule has 1 fully saturated rings. The van der Waals surface area contributed by atoms with Gasteiger partial charge in [0.2, 0.25) is 6.79 Å². The van der Waals surface area contributed by atoms with Crippen LogP contribution in [0.2, 0.25) is 0 Å². The molecule has 182 valence electrons. The maximum absolute atomic E-state index is 12.7. The van der Waals surface area contributed by atoms with Gasteiger partial charge in [0.15, 0.2) is 17.6 Å². The van der Waals surface area contributed by atoms with Crippen molar-refractivity contribution < 1.29 is 37.0 Å². The Bertz CT molecular complexity index is 1040. The van der Waals surface area contributed by atoms with Gasteiger partial charge in [-0.3, -0.25) is 9.59 Å². The summed E-state index contributed by atoms with van der Waals surface area (Å²) < 4.78 is 54.0. The topological polar surface area (TPSA) is 90.0 Å². The molecule has 0 spiro atoms. The molecule has 11 heteroatoms. The van der Waals surface area contributed by atoms with E-state index < -0.39 is 35.6 Å². The Morgan fingerprint density at radius 3 is 2.59 bits per heavy atom. The summed E-state index contributed by atoms with van der Waals surface area (Å²) in [7, 11) is 0. The first-order chi connectivity index (χ1) is 16.2. The second-order valence-corrected chi connectivity index (χ2v) is 8.15. The zero-order valence-corrected chi connectivity index (χ0v) is 18.4. The van der Waals surface area contributed by atoms with E-state index in [4.69, 9.17) is 14.2 Å². The van der Waals surface area contributed by atoms with Gasteiger partial charge >= 0.3 is 12.1 Å². The van der Waals surface area contributed by atoms with Crippen LogP contribution in [0.15, 0.2) is 36.5 Å². The summed E-state index contributed by atoms with van der Waals surface area (Å²) in [5.41, 5.74) is 0.0147. The van der Waals surface area contributed by atoms with Crippen molar-refractivity contribution in [2.24, 2.45) is 5.92 Å². The van der Waals surface area contributed by atoms with Crippen LogP contribution in [0.25, 0.3) is 0 Å². The molecule has 1 N–H and O–H groups in total. The number of carbonyl (C=O) groups is 2. The Labute approximate surface area is 194 Å². The van der Waals surface area contributed by atoms with E-state index in [1.54, 1.807) is 12.1 Å². The lowest BCUT2D eigenvalue weighted by molar-refractivity contribution is -0.159. The molecule has 1 unspecified atom stereocenters. The van der Waals surface area contributed by atoms with E-state index in [-0.39, 0.29) is 13.3 Å². The number of pyridine rings is 1. The predicted octanol–water partition coefficient (Wildman–Crippen LogP) is 3.29. The number of ether oxygens (including phenoxy) is 3. The number of hydrogen-bond acceptors (Lipinski definition) is 7. The molecule has 4 rings (SSSR count). The van der Waals surface area contributed by atoms with Gasteiger partial charge in [0, 0.05) is 25.8 Å². The lowest BCUT2D eigenvalue weighted by Gasteiger charge is -2.32. The molecule has 34 heavy (non-hydrogen) atoms. The zero-order chi connectivity index (χ0) is 24.3. The molecule has 2 aromatic rings. The van der Waals surface area contributed by atoms with E-state index in [1.807, 2.05) is 11.0 Å². The van der Waals surface area contributed by atoms with Crippen molar-refractivity contribution in [3.8, 4) is 11.5 Å². The molecule has 0 aliphatic carbocycles. The van der Waals surface area contributed by atoms with Gasteiger partial charge in [-0.05, 0) is 49.6 Å². The summed E-state index contributed by atoms with van der Waals surface area (Å²) in [5, 5.41) is 2.73. The Morgan fingerprint density at radius 2 is 1.91 bits per heavy atom. The lowest BCUT2D eigenvalue weighted by Crippen LogP contribution is -2.40. The summed E-state index contributed by atoms with van der Waals surface area (Å²) in [6.07, 6.45) is -3.69. The van der Waals surface area contributed by atoms with Crippen LogP contribution in [-0.4, -0.2) is 42.8 Å². The van der Waals surface area contributed by atoms with Gasteiger partial charge in [-0.15, -0.1) is 0 Å². The highest BCUT2D eigenvalue weighted by molar-refractivity contribution is 5.84. The lowest BCUT2D eigenvalue weighted by atomic mass is 9.97. The number of nitrogens with one attached hydrogen (secondary N) is 1. The minimum absolute atomic E-state index is 0.165. The van der Waals surface area contributed by atoms with Crippen molar-refractivity contribution in [3.05, 3.63) is 47.7 Å². The predicted molar refractivity (Wildman–Crippen MR) is 114 cm³/mol. The van der Waals surface area contributed by atoms with Crippen molar-refractivity contribution in [2.45, 2.75) is 38.6 Å². The molecule has 8 nitrogen and oxygen atoms in total. The number of aromatic nitrogens is 1. The first kappa shape index (κ1) is 23.7. The van der Waals surface area contributed by atoms with Crippen LogP contribution in [0.4, 0.5) is 19.0 Å². The highest BCUT2D eigenvalue weighted by Crippen LogP contribution is 2.32. The van der Waals surface area contributed by atoms with Gasteiger partial charge in [-0.1, -0.05) is 6.07 Å². The second kappa shape index (κ2) is 9.78. The number of fused-ring (bicyclic) bond motifs is 1. The van der Waals surface area contributed by atoms with Crippen LogP contribution in [0.5, 0.6) is 11.5 Å². The SMILES string of the molecule is CC(OC(=O)C1CCN(c2ccc(C(F)(F)F)cn2)CC1)C(=O)NCc1ccc2c(c1)OCO2. The average molecular weight is 479 g/mol. The largest absolute Gasteiger partial charge is 0.454 e. The maximum atomic E-state index is 12.7. The monoisotopic (exact) mass is 479 g/mol. The highest BCUT2D eigenvalue weighted by Gasteiger charge is 2.32. The summed E-state index contributed by atoms with van der Waals surface area (Å²) in [5.74, 6) is 0.413. The quantitative estimate of drug-likeness (QED) is 0.636.